The second kappa shape index (κ2) is 6.50. The number of sulfonamides is 1. The molecule has 0 unspecified atom stereocenters. The highest BCUT2D eigenvalue weighted by molar-refractivity contribution is 7.89. The molecule has 0 bridgehead atoms. The number of hydrogen-bond donors (Lipinski definition) is 1. The maximum Gasteiger partial charge on any atom is 0.244 e. The molecule has 0 aromatic carbocycles. The van der Waals surface area contributed by atoms with Crippen LogP contribution in [0.4, 0.5) is 0 Å². The fraction of sp³-hybridized carbons (Fsp3) is 0.733. The van der Waals surface area contributed by atoms with E-state index in [2.05, 4.69) is 5.32 Å². The van der Waals surface area contributed by atoms with Crippen molar-refractivity contribution >= 4 is 10.0 Å². The highest BCUT2D eigenvalue weighted by Gasteiger charge is 2.34. The molecule has 0 saturated heterocycles. The summed E-state index contributed by atoms with van der Waals surface area (Å²) in [6, 6.07) is 1.79. The van der Waals surface area contributed by atoms with Crippen LogP contribution in [0.5, 0.6) is 0 Å². The number of aryl methyl sites for hydroxylation is 1. The molecule has 2 rings (SSSR count). The first-order valence-electron chi connectivity index (χ1n) is 7.74. The van der Waals surface area contributed by atoms with Crippen molar-refractivity contribution in [3.05, 3.63) is 18.0 Å². The molecule has 1 aromatic rings. The largest absolute Gasteiger partial charge is 0.352 e. The van der Waals surface area contributed by atoms with E-state index in [9.17, 15) is 8.42 Å². The van der Waals surface area contributed by atoms with E-state index >= 15 is 0 Å². The van der Waals surface area contributed by atoms with Crippen LogP contribution in [-0.2, 0) is 23.6 Å². The van der Waals surface area contributed by atoms with Crippen molar-refractivity contribution in [3.63, 3.8) is 0 Å². The summed E-state index contributed by atoms with van der Waals surface area (Å²) in [7, 11) is -1.50. The smallest absolute Gasteiger partial charge is 0.244 e. The van der Waals surface area contributed by atoms with Crippen molar-refractivity contribution in [2.24, 2.45) is 13.0 Å². The minimum absolute atomic E-state index is 0.00646. The number of hydrogen-bond acceptors (Lipinski definition) is 3. The van der Waals surface area contributed by atoms with Gasteiger partial charge in [-0.25, -0.2) is 8.42 Å². The number of nitrogens with one attached hydrogen (secondary N) is 1. The molecule has 1 heterocycles. The Morgan fingerprint density at radius 1 is 1.43 bits per heavy atom. The molecule has 1 N–H and O–H groups in total. The molecule has 5 nitrogen and oxygen atoms in total. The summed E-state index contributed by atoms with van der Waals surface area (Å²) in [6.07, 6.45) is 4.03. The van der Waals surface area contributed by atoms with Gasteiger partial charge in [-0.3, -0.25) is 0 Å². The molecule has 1 aromatic heterocycles. The van der Waals surface area contributed by atoms with E-state index < -0.39 is 10.0 Å². The molecule has 1 fully saturated rings. The molecule has 1 aliphatic carbocycles. The van der Waals surface area contributed by atoms with Gasteiger partial charge in [0.25, 0.3) is 0 Å². The van der Waals surface area contributed by atoms with Crippen LogP contribution in [0.15, 0.2) is 17.2 Å². The van der Waals surface area contributed by atoms with Crippen LogP contribution in [0.25, 0.3) is 0 Å². The van der Waals surface area contributed by atoms with Gasteiger partial charge in [0.05, 0.1) is 0 Å². The molecule has 0 aliphatic heterocycles. The zero-order chi connectivity index (χ0) is 15.6. The molecule has 0 radical (unpaired) electrons. The lowest BCUT2D eigenvalue weighted by atomic mass is 10.3. The van der Waals surface area contributed by atoms with E-state index in [4.69, 9.17) is 0 Å². The first kappa shape index (κ1) is 16.5. The predicted molar refractivity (Wildman–Crippen MR) is 84.5 cm³/mol. The zero-order valence-electron chi connectivity index (χ0n) is 13.5. The van der Waals surface area contributed by atoms with Crippen LogP contribution < -0.4 is 5.32 Å². The Labute approximate surface area is 128 Å². The van der Waals surface area contributed by atoms with Crippen molar-refractivity contribution in [2.45, 2.75) is 51.1 Å². The van der Waals surface area contributed by atoms with Gasteiger partial charge in [0.2, 0.25) is 10.0 Å². The van der Waals surface area contributed by atoms with Crippen LogP contribution in [0, 0.1) is 5.92 Å². The Kier molecular flexibility index (Phi) is 5.11. The first-order chi connectivity index (χ1) is 9.86. The predicted octanol–water partition coefficient (Wildman–Crippen LogP) is 1.94. The van der Waals surface area contributed by atoms with E-state index in [0.29, 0.717) is 23.9 Å². The van der Waals surface area contributed by atoms with Gasteiger partial charge < -0.3 is 9.88 Å². The third-order valence-corrected chi connectivity index (χ3v) is 5.96. The first-order valence-corrected chi connectivity index (χ1v) is 9.18. The van der Waals surface area contributed by atoms with Gasteiger partial charge in [-0.2, -0.15) is 4.31 Å². The van der Waals surface area contributed by atoms with Gasteiger partial charge in [-0.1, -0.05) is 6.92 Å². The lowest BCUT2D eigenvalue weighted by Crippen LogP contribution is -2.38. The summed E-state index contributed by atoms with van der Waals surface area (Å²) >= 11 is 0. The highest BCUT2D eigenvalue weighted by Crippen LogP contribution is 2.32. The van der Waals surface area contributed by atoms with Crippen LogP contribution in [-0.4, -0.2) is 36.4 Å². The Morgan fingerprint density at radius 2 is 2.10 bits per heavy atom. The molecule has 0 atom stereocenters. The Morgan fingerprint density at radius 3 is 2.62 bits per heavy atom. The quantitative estimate of drug-likeness (QED) is 0.798. The summed E-state index contributed by atoms with van der Waals surface area (Å²) < 4.78 is 29.3. The Balaban J connectivity index is 2.24. The Bertz CT molecular complexity index is 574. The van der Waals surface area contributed by atoms with Crippen LogP contribution in [0.1, 0.15) is 39.3 Å². The monoisotopic (exact) mass is 313 g/mol. The summed E-state index contributed by atoms with van der Waals surface area (Å²) in [5.41, 5.74) is 0.991. The number of rotatable bonds is 8. The zero-order valence-corrected chi connectivity index (χ0v) is 14.3. The van der Waals surface area contributed by atoms with Crippen molar-refractivity contribution in [3.8, 4) is 0 Å². The fourth-order valence-electron chi connectivity index (χ4n) is 2.42. The van der Waals surface area contributed by atoms with Crippen LogP contribution in [0.3, 0.4) is 0 Å². The van der Waals surface area contributed by atoms with Gasteiger partial charge in [-0.05, 0) is 45.2 Å². The van der Waals surface area contributed by atoms with Crippen LogP contribution >= 0.6 is 0 Å². The average Bonchev–Trinajstić information content (AvgIpc) is 3.15. The molecule has 6 heteroatoms. The summed E-state index contributed by atoms with van der Waals surface area (Å²) in [5, 5.41) is 3.24. The van der Waals surface area contributed by atoms with E-state index in [1.165, 1.54) is 0 Å². The van der Waals surface area contributed by atoms with Gasteiger partial charge in [0.1, 0.15) is 4.90 Å². The molecular weight excluding hydrogens is 286 g/mol. The van der Waals surface area contributed by atoms with Gasteiger partial charge >= 0.3 is 0 Å². The lowest BCUT2D eigenvalue weighted by Gasteiger charge is -2.25. The van der Waals surface area contributed by atoms with Gasteiger partial charge in [-0.15, -0.1) is 0 Å². The van der Waals surface area contributed by atoms with Crippen molar-refractivity contribution in [1.29, 1.82) is 0 Å². The van der Waals surface area contributed by atoms with Gasteiger partial charge in [0, 0.05) is 38.1 Å². The van der Waals surface area contributed by atoms with Crippen molar-refractivity contribution in [1.82, 2.24) is 14.2 Å². The third-order valence-electron chi connectivity index (χ3n) is 3.96. The number of aromatic nitrogens is 1. The SMILES string of the molecule is CCNCc1cc(S(=O)(=O)N(CC2CC2)C(C)C)cn1C. The molecule has 1 saturated carbocycles. The van der Waals surface area contributed by atoms with E-state index in [1.54, 1.807) is 16.6 Å². The fourth-order valence-corrected chi connectivity index (χ4v) is 4.23. The maximum absolute atomic E-state index is 12.9. The van der Waals surface area contributed by atoms with E-state index in [0.717, 1.165) is 25.1 Å². The van der Waals surface area contributed by atoms with Crippen molar-refractivity contribution in [2.75, 3.05) is 13.1 Å². The molecule has 120 valence electrons. The summed E-state index contributed by atoms with van der Waals surface area (Å²) in [4.78, 5) is 0.409. The summed E-state index contributed by atoms with van der Waals surface area (Å²) in [6.45, 7) is 8.14. The molecular formula is C15H27N3O2S. The Hall–Kier alpha value is -0.850. The second-order valence-corrected chi connectivity index (χ2v) is 8.06. The standard InChI is InChI=1S/C15H27N3O2S/c1-5-16-9-14-8-15(11-17(14)4)21(19,20)18(12(2)3)10-13-6-7-13/h8,11-13,16H,5-7,9-10H2,1-4H3. The maximum atomic E-state index is 12.9. The van der Waals surface area contributed by atoms with E-state index in [1.807, 2.05) is 32.4 Å². The third kappa shape index (κ3) is 3.87. The summed E-state index contributed by atoms with van der Waals surface area (Å²) in [5.74, 6) is 0.548. The van der Waals surface area contributed by atoms with Crippen LogP contribution in [0.2, 0.25) is 0 Å². The lowest BCUT2D eigenvalue weighted by molar-refractivity contribution is 0.341. The minimum Gasteiger partial charge on any atom is -0.352 e. The topological polar surface area (TPSA) is 54.3 Å². The average molecular weight is 313 g/mol. The van der Waals surface area contributed by atoms with Crippen molar-refractivity contribution < 1.29 is 8.42 Å². The number of nitrogens with zero attached hydrogens (tertiary/aromatic N) is 2. The minimum atomic E-state index is -3.40. The molecule has 0 amide bonds. The highest BCUT2D eigenvalue weighted by atomic mass is 32.2. The second-order valence-electron chi connectivity index (χ2n) is 6.17. The molecule has 0 spiro atoms. The molecule has 1 aliphatic rings. The van der Waals surface area contributed by atoms with Gasteiger partial charge in [0.15, 0.2) is 0 Å². The normalized spacial score (nSPS) is 16.1. The molecule has 21 heavy (non-hydrogen) atoms. The van der Waals surface area contributed by atoms with E-state index in [-0.39, 0.29) is 6.04 Å².